The van der Waals surface area contributed by atoms with Gasteiger partial charge in [0, 0.05) is 59.2 Å². The standard InChI is InChI=1S/C42H32F10N4.3F6P.Ir/c1-39(2,3)21-11-12-53-33(13-21)38-36(27-15-25(44)17-30(46)35(27)32-10-8-23(19-55-32)42(50,51)52)37(40(4,5)6)28(20-56-38)26-14-24(43)16-29(45)34(26)31-9-7-22(18-54-31)41(47,48)49;3*1-7(2,3,4,5)6;/h7-20H,1-6H3;;;;/q;3*-1;+3. The molecular formula is C42H32F28IrN4P3. The molecule has 36 heteroatoms. The minimum Gasteiger partial charge on any atom is 3.00 e. The molecule has 0 fully saturated rings. The van der Waals surface area contributed by atoms with Crippen molar-refractivity contribution in [1.82, 2.24) is 19.9 Å². The van der Waals surface area contributed by atoms with Crippen molar-refractivity contribution in [3.63, 3.8) is 0 Å². The van der Waals surface area contributed by atoms with Gasteiger partial charge in [-0.2, -0.15) is 26.3 Å². The largest absolute Gasteiger partial charge is 3.00 e. The first-order chi connectivity index (χ1) is 33.3. The van der Waals surface area contributed by atoms with Gasteiger partial charge in [-0.05, 0) is 81.6 Å². The van der Waals surface area contributed by atoms with Crippen LogP contribution in [0.5, 0.6) is 0 Å². The summed E-state index contributed by atoms with van der Waals surface area (Å²) in [6, 6.07) is 9.71. The van der Waals surface area contributed by atoms with Crippen molar-refractivity contribution in [2.24, 2.45) is 0 Å². The number of pyridine rings is 4. The molecule has 2 aromatic carbocycles. The Balaban J connectivity index is 0.000000797. The van der Waals surface area contributed by atoms with Gasteiger partial charge in [0.25, 0.3) is 0 Å². The van der Waals surface area contributed by atoms with Crippen molar-refractivity contribution in [2.45, 2.75) is 64.7 Å². The Kier molecular flexibility index (Phi) is 17.4. The number of alkyl halides is 6. The molecule has 4 aromatic heterocycles. The predicted octanol–water partition coefficient (Wildman–Crippen LogP) is 22.9. The normalized spacial score (nSPS) is 15.3. The number of rotatable bonds is 5. The number of aromatic nitrogens is 4. The molecule has 0 saturated heterocycles. The fourth-order valence-electron chi connectivity index (χ4n) is 6.47. The second-order valence-electron chi connectivity index (χ2n) is 18.1. The monoisotopic (exact) mass is 1410 g/mol. The van der Waals surface area contributed by atoms with E-state index in [0.717, 1.165) is 29.8 Å². The van der Waals surface area contributed by atoms with E-state index in [1.807, 2.05) is 20.8 Å². The van der Waals surface area contributed by atoms with Crippen molar-refractivity contribution in [3.05, 3.63) is 131 Å². The van der Waals surface area contributed by atoms with Gasteiger partial charge in [0.15, 0.2) is 0 Å². The molecule has 0 spiro atoms. The van der Waals surface area contributed by atoms with Crippen LogP contribution in [0.15, 0.2) is 85.5 Å². The SMILES string of the molecule is CC(C)(C)c1ccnc(-c2ncc(-c3cc(F)cc(F)c3-c3ccc(C(F)(F)F)cn3)c(C(C)(C)C)c2-c2cc(F)cc(F)c2-c2ccc(C(F)(F)F)cn2)c1.F[P-](F)(F)(F)(F)F.F[P-](F)(F)(F)(F)F.F[P-](F)(F)(F)(F)F.[Ir+3]. The van der Waals surface area contributed by atoms with E-state index in [9.17, 15) is 102 Å². The molecule has 0 aliphatic rings. The van der Waals surface area contributed by atoms with Crippen LogP contribution < -0.4 is 0 Å². The van der Waals surface area contributed by atoms with Gasteiger partial charge in [-0.3, -0.25) is 19.9 Å². The van der Waals surface area contributed by atoms with Gasteiger partial charge in [-0.15, -0.1) is 0 Å². The van der Waals surface area contributed by atoms with E-state index in [2.05, 4.69) is 19.9 Å². The van der Waals surface area contributed by atoms with E-state index < -0.39 is 92.1 Å². The van der Waals surface area contributed by atoms with E-state index in [1.165, 1.54) is 12.4 Å². The fraction of sp³-hybridized carbons (Fsp3) is 0.238. The molecule has 0 bridgehead atoms. The van der Waals surface area contributed by atoms with Crippen molar-refractivity contribution >= 4 is 23.4 Å². The summed E-state index contributed by atoms with van der Waals surface area (Å²) in [6.07, 6.45) is -5.74. The van der Waals surface area contributed by atoms with E-state index in [-0.39, 0.29) is 70.7 Å². The number of benzene rings is 2. The minimum atomic E-state index is -10.7. The number of halogens is 28. The van der Waals surface area contributed by atoms with Crippen LogP contribution in [-0.4, -0.2) is 19.9 Å². The van der Waals surface area contributed by atoms with Crippen molar-refractivity contribution in [1.29, 1.82) is 0 Å². The first-order valence-electron chi connectivity index (χ1n) is 20.1. The summed E-state index contributed by atoms with van der Waals surface area (Å²) < 4.78 is 322. The van der Waals surface area contributed by atoms with Crippen LogP contribution in [0.3, 0.4) is 0 Å². The van der Waals surface area contributed by atoms with Gasteiger partial charge >= 0.3 is 131 Å². The Morgan fingerprint density at radius 1 is 0.359 bits per heavy atom. The molecule has 0 aliphatic carbocycles. The average Bonchev–Trinajstić information content (AvgIpc) is 3.15. The Morgan fingerprint density at radius 2 is 0.718 bits per heavy atom. The number of hydrogen-bond donors (Lipinski definition) is 0. The van der Waals surface area contributed by atoms with Crippen molar-refractivity contribution in [3.8, 4) is 56.2 Å². The second-order valence-corrected chi connectivity index (χ2v) is 23.8. The number of nitrogens with zero attached hydrogens (tertiary/aromatic N) is 4. The molecule has 0 saturated carbocycles. The zero-order valence-corrected chi connectivity index (χ0v) is 44.2. The van der Waals surface area contributed by atoms with Crippen LogP contribution in [0, 0.1) is 23.3 Å². The first kappa shape index (κ1) is 69.1. The van der Waals surface area contributed by atoms with Crippen molar-refractivity contribution < 1.29 is 140 Å². The molecule has 0 atom stereocenters. The number of hydrogen-bond acceptors (Lipinski definition) is 4. The summed E-state index contributed by atoms with van der Waals surface area (Å²) in [5, 5.41) is 0. The van der Waals surface area contributed by atoms with Crippen LogP contribution in [0.25, 0.3) is 56.2 Å². The maximum Gasteiger partial charge on any atom is 3.00 e. The van der Waals surface area contributed by atoms with Crippen molar-refractivity contribution in [2.75, 3.05) is 0 Å². The molecule has 0 aliphatic heterocycles. The molecule has 4 heterocycles. The summed E-state index contributed by atoms with van der Waals surface area (Å²) in [5.41, 5.74) is -4.31. The molecule has 6 aromatic rings. The predicted molar refractivity (Wildman–Crippen MR) is 233 cm³/mol. The quantitative estimate of drug-likeness (QED) is 0.127. The van der Waals surface area contributed by atoms with Gasteiger partial charge in [-0.1, -0.05) is 41.5 Å². The van der Waals surface area contributed by atoms with Crippen LogP contribution in [-0.2, 0) is 43.3 Å². The summed E-state index contributed by atoms with van der Waals surface area (Å²) in [6.45, 7) is 10.9. The maximum atomic E-state index is 16.2. The van der Waals surface area contributed by atoms with Gasteiger partial charge in [0.2, 0.25) is 0 Å². The van der Waals surface area contributed by atoms with E-state index in [1.54, 1.807) is 32.9 Å². The first-order valence-corrected chi connectivity index (χ1v) is 26.1. The molecule has 0 amide bonds. The molecule has 4 nitrogen and oxygen atoms in total. The molecule has 6 rings (SSSR count). The molecular weight excluding hydrogens is 1380 g/mol. The third-order valence-electron chi connectivity index (χ3n) is 9.06. The van der Waals surface area contributed by atoms with E-state index in [4.69, 9.17) is 0 Å². The Hall–Kier alpha value is -4.98. The Morgan fingerprint density at radius 3 is 1.04 bits per heavy atom. The zero-order valence-electron chi connectivity index (χ0n) is 39.1. The fourth-order valence-corrected chi connectivity index (χ4v) is 6.47. The van der Waals surface area contributed by atoms with Crippen LogP contribution in [0.4, 0.5) is 119 Å². The maximum absolute atomic E-state index is 16.2. The average molecular weight is 1410 g/mol. The molecule has 78 heavy (non-hydrogen) atoms. The third kappa shape index (κ3) is 25.0. The van der Waals surface area contributed by atoms with Crippen LogP contribution >= 0.6 is 23.4 Å². The molecule has 0 N–H and O–H groups in total. The topological polar surface area (TPSA) is 51.6 Å². The molecule has 0 radical (unpaired) electrons. The van der Waals surface area contributed by atoms with Gasteiger partial charge in [-0.25, -0.2) is 17.6 Å². The van der Waals surface area contributed by atoms with E-state index >= 15 is 17.6 Å². The smallest absolute Gasteiger partial charge is 3.00 e. The minimum absolute atomic E-state index is 0. The van der Waals surface area contributed by atoms with Gasteiger partial charge in [0.1, 0.15) is 23.3 Å². The van der Waals surface area contributed by atoms with Crippen LogP contribution in [0.1, 0.15) is 63.8 Å². The molecule has 0 unspecified atom stereocenters. The summed E-state index contributed by atoms with van der Waals surface area (Å²) in [7, 11) is -32.0. The van der Waals surface area contributed by atoms with Gasteiger partial charge in [0.05, 0.1) is 33.9 Å². The van der Waals surface area contributed by atoms with Crippen LogP contribution in [0.2, 0.25) is 0 Å². The molecule has 440 valence electrons. The summed E-state index contributed by atoms with van der Waals surface area (Å²) in [4.78, 5) is 17.0. The summed E-state index contributed by atoms with van der Waals surface area (Å²) in [5.74, 6) is -4.51. The van der Waals surface area contributed by atoms with E-state index in [0.29, 0.717) is 36.7 Å². The zero-order chi connectivity index (χ0) is 60.3. The summed E-state index contributed by atoms with van der Waals surface area (Å²) >= 11 is 0. The Bertz CT molecular complexity index is 3070. The third-order valence-corrected chi connectivity index (χ3v) is 9.06. The van der Waals surface area contributed by atoms with Gasteiger partial charge < -0.3 is 0 Å². The second kappa shape index (κ2) is 19.6. The Labute approximate surface area is 433 Å².